The number of halogens is 1. The summed E-state index contributed by atoms with van der Waals surface area (Å²) in [5.74, 6) is 0.173. The molecule has 8 heteroatoms. The Morgan fingerprint density at radius 3 is 2.67 bits per heavy atom. The normalized spacial score (nSPS) is 22.4. The van der Waals surface area contributed by atoms with Crippen molar-refractivity contribution < 1.29 is 19.0 Å². The summed E-state index contributed by atoms with van der Waals surface area (Å²) in [6, 6.07) is 3.62. The van der Waals surface area contributed by atoms with Gasteiger partial charge in [0.1, 0.15) is 0 Å². The van der Waals surface area contributed by atoms with E-state index in [1.165, 1.54) is 0 Å². The molecule has 2 unspecified atom stereocenters. The number of carbonyl (C=O) groups excluding carboxylic acids is 1. The molecule has 30 heavy (non-hydrogen) atoms. The Bertz CT molecular complexity index is 1070. The molecule has 1 amide bonds. The number of aromatic amines is 1. The van der Waals surface area contributed by atoms with Crippen LogP contribution in [0.1, 0.15) is 46.1 Å². The van der Waals surface area contributed by atoms with Crippen LogP contribution in [0.25, 0.3) is 0 Å². The fourth-order valence-electron chi connectivity index (χ4n) is 4.06. The second-order valence-electron chi connectivity index (χ2n) is 8.10. The van der Waals surface area contributed by atoms with Gasteiger partial charge in [0, 0.05) is 42.5 Å². The molecular formula is C22H25BrN2O5. The monoisotopic (exact) mass is 476 g/mol. The van der Waals surface area contributed by atoms with Gasteiger partial charge >= 0.3 is 0 Å². The highest BCUT2D eigenvalue weighted by Gasteiger charge is 2.47. The van der Waals surface area contributed by atoms with Crippen LogP contribution in [0.2, 0.25) is 0 Å². The molecule has 0 radical (unpaired) electrons. The number of H-pyrrole nitrogens is 1. The van der Waals surface area contributed by atoms with E-state index in [1.807, 2.05) is 33.8 Å². The topological polar surface area (TPSA) is 89.7 Å². The lowest BCUT2D eigenvalue weighted by atomic mass is 9.99. The molecule has 160 valence electrons. The Balaban J connectivity index is 1.57. The minimum Gasteiger partial charge on any atom is -0.448 e. The Morgan fingerprint density at radius 2 is 2.00 bits per heavy atom. The summed E-state index contributed by atoms with van der Waals surface area (Å²) in [6.45, 7) is 8.85. The van der Waals surface area contributed by atoms with Crippen molar-refractivity contribution in [3.8, 4) is 11.5 Å². The Hall–Kier alpha value is -2.32. The standard InChI is InChI=1S/C22H25BrN2O5/c1-11-7-12(2)25-21(27)16(11)9-24-20(26)15-8-17(23)19-18(13(15)3)29-22(4,30-19)14-5-6-28-10-14/h7-8,14H,5-6,9-10H2,1-4H3,(H,24,26)(H,25,27). The quantitative estimate of drug-likeness (QED) is 0.704. The van der Waals surface area contributed by atoms with Gasteiger partial charge in [0.2, 0.25) is 0 Å². The van der Waals surface area contributed by atoms with Crippen LogP contribution in [0.15, 0.2) is 21.4 Å². The van der Waals surface area contributed by atoms with Gasteiger partial charge in [-0.25, -0.2) is 0 Å². The summed E-state index contributed by atoms with van der Waals surface area (Å²) in [5, 5.41) is 2.86. The van der Waals surface area contributed by atoms with Gasteiger partial charge in [0.15, 0.2) is 11.5 Å². The minimum atomic E-state index is -0.826. The molecule has 2 aromatic rings. The number of benzene rings is 1. The number of hydrogen-bond donors (Lipinski definition) is 2. The molecule has 2 atom stereocenters. The number of rotatable bonds is 4. The summed E-state index contributed by atoms with van der Waals surface area (Å²) in [6.07, 6.45) is 0.860. The van der Waals surface area contributed by atoms with E-state index in [-0.39, 0.29) is 23.9 Å². The van der Waals surface area contributed by atoms with Crippen LogP contribution >= 0.6 is 15.9 Å². The first kappa shape index (κ1) is 20.9. The summed E-state index contributed by atoms with van der Waals surface area (Å²) in [4.78, 5) is 27.9. The predicted octanol–water partition coefficient (Wildman–Crippen LogP) is 3.52. The second kappa shape index (κ2) is 7.74. The van der Waals surface area contributed by atoms with E-state index in [1.54, 1.807) is 6.07 Å². The largest absolute Gasteiger partial charge is 0.448 e. The smallest absolute Gasteiger partial charge is 0.254 e. The highest BCUT2D eigenvalue weighted by molar-refractivity contribution is 9.10. The third kappa shape index (κ3) is 3.63. The van der Waals surface area contributed by atoms with Gasteiger partial charge in [0.05, 0.1) is 17.0 Å². The number of nitrogens with one attached hydrogen (secondary N) is 2. The fraction of sp³-hybridized carbons (Fsp3) is 0.455. The molecule has 2 aliphatic rings. The molecule has 7 nitrogen and oxygen atoms in total. The third-order valence-corrected chi connectivity index (χ3v) is 6.47. The highest BCUT2D eigenvalue weighted by atomic mass is 79.9. The first-order chi connectivity index (χ1) is 14.2. The van der Waals surface area contributed by atoms with Crippen molar-refractivity contribution in [3.63, 3.8) is 0 Å². The number of fused-ring (bicyclic) bond motifs is 1. The molecular weight excluding hydrogens is 452 g/mol. The predicted molar refractivity (Wildman–Crippen MR) is 115 cm³/mol. The van der Waals surface area contributed by atoms with Gasteiger partial charge in [-0.05, 0) is 60.8 Å². The fourth-order valence-corrected chi connectivity index (χ4v) is 4.55. The lowest BCUT2D eigenvalue weighted by Gasteiger charge is -2.28. The first-order valence-electron chi connectivity index (χ1n) is 9.96. The number of carbonyl (C=O) groups is 1. The zero-order valence-electron chi connectivity index (χ0n) is 17.5. The van der Waals surface area contributed by atoms with Crippen molar-refractivity contribution in [3.05, 3.63) is 54.9 Å². The number of ether oxygens (including phenoxy) is 3. The van der Waals surface area contributed by atoms with Gasteiger partial charge in [-0.2, -0.15) is 0 Å². The molecule has 0 bridgehead atoms. The highest BCUT2D eigenvalue weighted by Crippen LogP contribution is 2.50. The zero-order chi connectivity index (χ0) is 21.6. The zero-order valence-corrected chi connectivity index (χ0v) is 19.1. The van der Waals surface area contributed by atoms with Gasteiger partial charge in [0.25, 0.3) is 17.3 Å². The Kier molecular flexibility index (Phi) is 5.40. The summed E-state index contributed by atoms with van der Waals surface area (Å²) < 4.78 is 18.5. The number of hydrogen-bond acceptors (Lipinski definition) is 5. The molecule has 2 aliphatic heterocycles. The van der Waals surface area contributed by atoms with E-state index in [0.29, 0.717) is 45.9 Å². The van der Waals surface area contributed by atoms with Crippen LogP contribution in [0, 0.1) is 26.7 Å². The van der Waals surface area contributed by atoms with Crippen molar-refractivity contribution >= 4 is 21.8 Å². The Labute approximate surface area is 183 Å². The van der Waals surface area contributed by atoms with Gasteiger partial charge in [-0.1, -0.05) is 0 Å². The number of amides is 1. The maximum Gasteiger partial charge on any atom is 0.254 e. The van der Waals surface area contributed by atoms with Crippen molar-refractivity contribution in [1.29, 1.82) is 0 Å². The van der Waals surface area contributed by atoms with Gasteiger partial charge < -0.3 is 24.5 Å². The van der Waals surface area contributed by atoms with E-state index in [0.717, 1.165) is 17.7 Å². The Morgan fingerprint density at radius 1 is 1.27 bits per heavy atom. The van der Waals surface area contributed by atoms with E-state index in [4.69, 9.17) is 14.2 Å². The van der Waals surface area contributed by atoms with E-state index in [2.05, 4.69) is 26.2 Å². The molecule has 0 aliphatic carbocycles. The maximum atomic E-state index is 12.9. The maximum absolute atomic E-state index is 12.9. The average molecular weight is 477 g/mol. The molecule has 0 spiro atoms. The van der Waals surface area contributed by atoms with Crippen LogP contribution in [-0.2, 0) is 11.3 Å². The SMILES string of the molecule is Cc1cc(C)c(CNC(=O)c2cc(Br)c3c(c2C)OC(C)(C2CCOC2)O3)c(=O)[nH]1. The van der Waals surface area contributed by atoms with Gasteiger partial charge in [-0.3, -0.25) is 9.59 Å². The number of pyridine rings is 1. The van der Waals surface area contributed by atoms with Crippen molar-refractivity contribution in [2.24, 2.45) is 5.92 Å². The van der Waals surface area contributed by atoms with Crippen molar-refractivity contribution in [2.45, 2.75) is 46.4 Å². The average Bonchev–Trinajstić information content (AvgIpc) is 3.32. The molecule has 1 aromatic carbocycles. The van der Waals surface area contributed by atoms with Crippen LogP contribution in [0.5, 0.6) is 11.5 Å². The van der Waals surface area contributed by atoms with Crippen LogP contribution in [0.3, 0.4) is 0 Å². The third-order valence-electron chi connectivity index (χ3n) is 5.88. The molecule has 4 rings (SSSR count). The molecule has 2 N–H and O–H groups in total. The van der Waals surface area contributed by atoms with Crippen LogP contribution in [0.4, 0.5) is 0 Å². The van der Waals surface area contributed by atoms with E-state index < -0.39 is 5.79 Å². The lowest BCUT2D eigenvalue weighted by Crippen LogP contribution is -2.43. The molecule has 3 heterocycles. The van der Waals surface area contributed by atoms with Gasteiger partial charge in [-0.15, -0.1) is 0 Å². The van der Waals surface area contributed by atoms with Crippen molar-refractivity contribution in [2.75, 3.05) is 13.2 Å². The van der Waals surface area contributed by atoms with E-state index in [9.17, 15) is 9.59 Å². The molecule has 1 saturated heterocycles. The molecule has 1 aromatic heterocycles. The summed E-state index contributed by atoms with van der Waals surface area (Å²) >= 11 is 3.52. The lowest BCUT2D eigenvalue weighted by molar-refractivity contribution is -0.110. The molecule has 1 fully saturated rings. The van der Waals surface area contributed by atoms with Crippen LogP contribution < -0.4 is 20.3 Å². The first-order valence-corrected chi connectivity index (χ1v) is 10.8. The van der Waals surface area contributed by atoms with Crippen LogP contribution in [-0.4, -0.2) is 29.9 Å². The van der Waals surface area contributed by atoms with E-state index >= 15 is 0 Å². The summed E-state index contributed by atoms with van der Waals surface area (Å²) in [5.41, 5.74) is 3.15. The summed E-state index contributed by atoms with van der Waals surface area (Å²) in [7, 11) is 0. The number of aromatic nitrogens is 1. The second-order valence-corrected chi connectivity index (χ2v) is 8.95. The number of aryl methyl sites for hydroxylation is 2. The van der Waals surface area contributed by atoms with Crippen molar-refractivity contribution in [1.82, 2.24) is 10.3 Å². The molecule has 0 saturated carbocycles. The minimum absolute atomic E-state index is 0.115.